The number of rotatable bonds is 6. The number of halogens is 1. The van der Waals surface area contributed by atoms with Crippen LogP contribution in [0.5, 0.6) is 0 Å². The van der Waals surface area contributed by atoms with Gasteiger partial charge in [-0.3, -0.25) is 14.8 Å². The Balaban J connectivity index is 1.41. The Morgan fingerprint density at radius 3 is 2.69 bits per heavy atom. The number of aromatic amines is 1. The predicted molar refractivity (Wildman–Crippen MR) is 135 cm³/mol. The standard InChI is InChI=1S/C27H32FN5O3/c1-31-9-2-10-32(12-11-31)13-14-33-21(15-18-3-5-19(6-4-18)26(34)30-36)17-24-25(27(33)35)22-16-20(28)7-8-23(22)29-24/h3-8,16,21,29,36H,2,9-15,17H2,1H3,(H,30,34). The molecule has 3 heterocycles. The lowest BCUT2D eigenvalue weighted by Crippen LogP contribution is -2.50. The number of carbonyl (C=O) groups is 2. The molecular formula is C27H32FN5O3. The van der Waals surface area contributed by atoms with E-state index in [4.69, 9.17) is 5.21 Å². The van der Waals surface area contributed by atoms with E-state index < -0.39 is 5.91 Å². The van der Waals surface area contributed by atoms with Crippen molar-refractivity contribution in [2.75, 3.05) is 46.3 Å². The number of hydroxylamine groups is 1. The summed E-state index contributed by atoms with van der Waals surface area (Å²) in [5.74, 6) is -0.984. The van der Waals surface area contributed by atoms with Gasteiger partial charge in [-0.25, -0.2) is 9.87 Å². The van der Waals surface area contributed by atoms with E-state index in [0.717, 1.165) is 55.9 Å². The highest BCUT2D eigenvalue weighted by Crippen LogP contribution is 2.32. The lowest BCUT2D eigenvalue weighted by molar-refractivity contribution is 0.0623. The number of benzene rings is 2. The Morgan fingerprint density at radius 2 is 1.92 bits per heavy atom. The van der Waals surface area contributed by atoms with Crippen molar-refractivity contribution in [1.29, 1.82) is 0 Å². The topological polar surface area (TPSA) is 91.9 Å². The molecular weight excluding hydrogens is 461 g/mol. The SMILES string of the molecule is CN1CCCN(CCN2C(=O)c3c([nH]c4ccc(F)cc34)CC2Cc2ccc(C(=O)NO)cc2)CC1. The van der Waals surface area contributed by atoms with Crippen molar-refractivity contribution in [2.24, 2.45) is 0 Å². The molecule has 2 aromatic carbocycles. The Labute approximate surface area is 209 Å². The van der Waals surface area contributed by atoms with Crippen molar-refractivity contribution in [2.45, 2.75) is 25.3 Å². The van der Waals surface area contributed by atoms with E-state index >= 15 is 0 Å². The van der Waals surface area contributed by atoms with Crippen LogP contribution in [0.25, 0.3) is 10.9 Å². The lowest BCUT2D eigenvalue weighted by atomic mass is 9.92. The minimum absolute atomic E-state index is 0.0682. The van der Waals surface area contributed by atoms with Crippen LogP contribution in [0.4, 0.5) is 4.39 Å². The molecule has 190 valence electrons. The summed E-state index contributed by atoms with van der Waals surface area (Å²) in [6.07, 6.45) is 2.37. The number of carbonyl (C=O) groups excluding carboxylic acids is 2. The third kappa shape index (κ3) is 5.00. The van der Waals surface area contributed by atoms with Gasteiger partial charge in [-0.05, 0) is 68.9 Å². The number of nitrogens with zero attached hydrogens (tertiary/aromatic N) is 3. The summed E-state index contributed by atoms with van der Waals surface area (Å²) in [6.45, 7) is 5.46. The van der Waals surface area contributed by atoms with E-state index in [1.807, 2.05) is 17.0 Å². The molecule has 2 aliphatic rings. The van der Waals surface area contributed by atoms with Crippen molar-refractivity contribution in [3.05, 3.63) is 70.7 Å². The summed E-state index contributed by atoms with van der Waals surface area (Å²) in [7, 11) is 2.14. The third-order valence-corrected chi connectivity index (χ3v) is 7.45. The predicted octanol–water partition coefficient (Wildman–Crippen LogP) is 2.67. The Morgan fingerprint density at radius 1 is 1.11 bits per heavy atom. The van der Waals surface area contributed by atoms with Gasteiger partial charge in [0.25, 0.3) is 11.8 Å². The Kier molecular flexibility index (Phi) is 7.04. The summed E-state index contributed by atoms with van der Waals surface area (Å²) in [4.78, 5) is 35.6. The lowest BCUT2D eigenvalue weighted by Gasteiger charge is -2.37. The zero-order chi connectivity index (χ0) is 25.2. The second-order valence-electron chi connectivity index (χ2n) is 9.87. The first-order chi connectivity index (χ1) is 17.4. The average molecular weight is 494 g/mol. The van der Waals surface area contributed by atoms with Gasteiger partial charge in [0.2, 0.25) is 0 Å². The average Bonchev–Trinajstić information content (AvgIpc) is 3.10. The maximum Gasteiger partial charge on any atom is 0.274 e. The summed E-state index contributed by atoms with van der Waals surface area (Å²) >= 11 is 0. The van der Waals surface area contributed by atoms with Gasteiger partial charge in [-0.15, -0.1) is 0 Å². The van der Waals surface area contributed by atoms with Crippen molar-refractivity contribution >= 4 is 22.7 Å². The van der Waals surface area contributed by atoms with Crippen LogP contribution in [0, 0.1) is 5.82 Å². The van der Waals surface area contributed by atoms with Gasteiger partial charge in [0, 0.05) is 60.8 Å². The van der Waals surface area contributed by atoms with Crippen LogP contribution >= 0.6 is 0 Å². The van der Waals surface area contributed by atoms with Crippen molar-refractivity contribution < 1.29 is 19.2 Å². The number of H-pyrrole nitrogens is 1. The van der Waals surface area contributed by atoms with E-state index in [2.05, 4.69) is 21.8 Å². The first kappa shape index (κ1) is 24.4. The van der Waals surface area contributed by atoms with E-state index in [1.54, 1.807) is 23.7 Å². The Hall–Kier alpha value is -3.27. The second kappa shape index (κ2) is 10.4. The van der Waals surface area contributed by atoms with Crippen molar-refractivity contribution in [1.82, 2.24) is 25.2 Å². The normalized spacial score (nSPS) is 19.4. The van der Waals surface area contributed by atoms with Crippen LogP contribution < -0.4 is 5.48 Å². The fourth-order valence-corrected chi connectivity index (χ4v) is 5.44. The molecule has 8 nitrogen and oxygen atoms in total. The molecule has 0 bridgehead atoms. The molecule has 1 unspecified atom stereocenters. The Bertz CT molecular complexity index is 1260. The second-order valence-corrected chi connectivity index (χ2v) is 9.87. The van der Waals surface area contributed by atoms with Crippen molar-refractivity contribution in [3.63, 3.8) is 0 Å². The molecule has 1 fully saturated rings. The van der Waals surface area contributed by atoms with Crippen LogP contribution in [0.2, 0.25) is 0 Å². The van der Waals surface area contributed by atoms with Gasteiger partial charge in [0.05, 0.1) is 5.56 Å². The van der Waals surface area contributed by atoms with Gasteiger partial charge in [-0.2, -0.15) is 0 Å². The minimum Gasteiger partial charge on any atom is -0.358 e. The van der Waals surface area contributed by atoms with Crippen LogP contribution in [-0.2, 0) is 12.8 Å². The molecule has 0 aliphatic carbocycles. The first-order valence-corrected chi connectivity index (χ1v) is 12.5. The van der Waals surface area contributed by atoms with Gasteiger partial charge >= 0.3 is 0 Å². The molecule has 1 saturated heterocycles. The maximum atomic E-state index is 14.1. The van der Waals surface area contributed by atoms with E-state index in [0.29, 0.717) is 35.9 Å². The number of nitrogens with one attached hydrogen (secondary N) is 2. The molecule has 3 N–H and O–H groups in total. The summed E-state index contributed by atoms with van der Waals surface area (Å²) < 4.78 is 14.1. The van der Waals surface area contributed by atoms with Crippen LogP contribution in [0.15, 0.2) is 42.5 Å². The van der Waals surface area contributed by atoms with E-state index in [1.165, 1.54) is 12.1 Å². The third-order valence-electron chi connectivity index (χ3n) is 7.45. The molecule has 3 aromatic rings. The highest BCUT2D eigenvalue weighted by atomic mass is 19.1. The summed E-state index contributed by atoms with van der Waals surface area (Å²) in [5.41, 5.74) is 5.19. The van der Waals surface area contributed by atoms with Crippen LogP contribution in [0.1, 0.15) is 38.4 Å². The summed E-state index contributed by atoms with van der Waals surface area (Å²) in [5, 5.41) is 9.51. The molecule has 0 spiro atoms. The molecule has 2 amide bonds. The zero-order valence-electron chi connectivity index (χ0n) is 20.5. The number of hydrogen-bond donors (Lipinski definition) is 3. The minimum atomic E-state index is -0.561. The molecule has 0 radical (unpaired) electrons. The molecule has 0 saturated carbocycles. The number of likely N-dealkylation sites (N-methyl/N-ethyl adjacent to an activating group) is 1. The molecule has 1 aromatic heterocycles. The van der Waals surface area contributed by atoms with Gasteiger partial charge in [0.15, 0.2) is 0 Å². The smallest absolute Gasteiger partial charge is 0.274 e. The number of hydrogen-bond acceptors (Lipinski definition) is 5. The first-order valence-electron chi connectivity index (χ1n) is 12.5. The summed E-state index contributed by atoms with van der Waals surface area (Å²) in [6, 6.07) is 11.5. The van der Waals surface area contributed by atoms with E-state index in [9.17, 15) is 14.0 Å². The van der Waals surface area contributed by atoms with Gasteiger partial charge in [0.1, 0.15) is 5.82 Å². The maximum absolute atomic E-state index is 14.1. The quantitative estimate of drug-likeness (QED) is 0.363. The highest BCUT2D eigenvalue weighted by Gasteiger charge is 2.35. The van der Waals surface area contributed by atoms with Gasteiger partial charge in [-0.1, -0.05) is 12.1 Å². The molecule has 1 atom stereocenters. The zero-order valence-corrected chi connectivity index (χ0v) is 20.5. The highest BCUT2D eigenvalue weighted by molar-refractivity contribution is 6.09. The number of aromatic nitrogens is 1. The monoisotopic (exact) mass is 493 g/mol. The molecule has 36 heavy (non-hydrogen) atoms. The fraction of sp³-hybridized carbons (Fsp3) is 0.407. The number of fused-ring (bicyclic) bond motifs is 3. The largest absolute Gasteiger partial charge is 0.358 e. The number of amides is 2. The van der Waals surface area contributed by atoms with Crippen LogP contribution in [0.3, 0.4) is 0 Å². The molecule has 2 aliphatic heterocycles. The molecule has 9 heteroatoms. The van der Waals surface area contributed by atoms with Gasteiger partial charge < -0.3 is 19.7 Å². The van der Waals surface area contributed by atoms with E-state index in [-0.39, 0.29) is 17.8 Å². The molecule has 5 rings (SSSR count). The fourth-order valence-electron chi connectivity index (χ4n) is 5.44. The van der Waals surface area contributed by atoms with Crippen molar-refractivity contribution in [3.8, 4) is 0 Å². The van der Waals surface area contributed by atoms with Crippen LogP contribution in [-0.4, -0.2) is 89.1 Å².